The van der Waals surface area contributed by atoms with Gasteiger partial charge in [0.25, 0.3) is 0 Å². The number of aromatic amines is 1. The van der Waals surface area contributed by atoms with Gasteiger partial charge in [0.2, 0.25) is 0 Å². The van der Waals surface area contributed by atoms with Crippen LogP contribution in [0.25, 0.3) is 21.3 Å². The first-order valence-electron chi connectivity index (χ1n) is 10.9. The van der Waals surface area contributed by atoms with Gasteiger partial charge in [0, 0.05) is 16.0 Å². The van der Waals surface area contributed by atoms with Gasteiger partial charge in [-0.25, -0.2) is 4.98 Å². The van der Waals surface area contributed by atoms with E-state index in [-0.39, 0.29) is 5.92 Å². The molecule has 3 aromatic heterocycles. The lowest BCUT2D eigenvalue weighted by molar-refractivity contribution is 0.656. The topological polar surface area (TPSA) is 67.3 Å². The number of aromatic nitrogens is 5. The number of benzene rings is 1. The van der Waals surface area contributed by atoms with Crippen LogP contribution in [-0.4, -0.2) is 25.6 Å². The molecule has 1 aromatic carbocycles. The van der Waals surface area contributed by atoms with Gasteiger partial charge < -0.3 is 0 Å². The average molecular weight is 418 g/mol. The van der Waals surface area contributed by atoms with Crippen LogP contribution in [0.4, 0.5) is 0 Å². The zero-order valence-electron chi connectivity index (χ0n) is 17.8. The number of H-pyrrole nitrogens is 1. The molecule has 0 aliphatic heterocycles. The van der Waals surface area contributed by atoms with Crippen molar-refractivity contribution in [2.24, 2.45) is 0 Å². The molecule has 0 amide bonds. The third kappa shape index (κ3) is 3.23. The number of fused-ring (bicyclic) bond motifs is 3. The number of hydrogen-bond acceptors (Lipinski definition) is 5. The van der Waals surface area contributed by atoms with Gasteiger partial charge in [0.05, 0.1) is 5.92 Å². The molecule has 30 heavy (non-hydrogen) atoms. The van der Waals surface area contributed by atoms with Crippen molar-refractivity contribution in [2.45, 2.75) is 65.2 Å². The maximum absolute atomic E-state index is 5.13. The lowest BCUT2D eigenvalue weighted by Gasteiger charge is -2.22. The van der Waals surface area contributed by atoms with Crippen molar-refractivity contribution in [1.82, 2.24) is 25.6 Å². The van der Waals surface area contributed by atoms with Crippen LogP contribution < -0.4 is 0 Å². The molecule has 0 saturated carbocycles. The fraction of sp³-hybridized carbons (Fsp3) is 0.417. The standard InChI is InChI=1S/C24H27N5S/c1-4-7-18(23-26-28-29-27-23)20-15(3)25-24-22(17-8-5-6-9-19(17)30-24)21(20)16-12-10-14(2)11-13-16/h10-13,18H,4-9H2,1-3H3,(H,26,27,28,29). The number of hydrogen-bond donors (Lipinski definition) is 1. The Balaban J connectivity index is 1.86. The van der Waals surface area contributed by atoms with Crippen LogP contribution >= 0.6 is 11.3 Å². The molecule has 0 fully saturated rings. The van der Waals surface area contributed by atoms with Gasteiger partial charge in [-0.3, -0.25) is 0 Å². The molecule has 1 atom stereocenters. The largest absolute Gasteiger partial charge is 0.242 e. The van der Waals surface area contributed by atoms with Crippen molar-refractivity contribution in [3.05, 3.63) is 57.4 Å². The van der Waals surface area contributed by atoms with Gasteiger partial charge in [-0.2, -0.15) is 5.21 Å². The van der Waals surface area contributed by atoms with E-state index >= 15 is 0 Å². The average Bonchev–Trinajstić information content (AvgIpc) is 3.40. The first-order valence-corrected chi connectivity index (χ1v) is 11.7. The highest BCUT2D eigenvalue weighted by molar-refractivity contribution is 7.19. The van der Waals surface area contributed by atoms with Crippen LogP contribution in [0, 0.1) is 13.8 Å². The van der Waals surface area contributed by atoms with E-state index in [1.807, 2.05) is 11.3 Å². The van der Waals surface area contributed by atoms with Crippen molar-refractivity contribution in [2.75, 3.05) is 0 Å². The number of tetrazole rings is 1. The number of aryl methyl sites for hydroxylation is 4. The Morgan fingerprint density at radius 2 is 1.90 bits per heavy atom. The first-order chi connectivity index (χ1) is 14.7. The highest BCUT2D eigenvalue weighted by Crippen LogP contribution is 2.46. The van der Waals surface area contributed by atoms with Crippen molar-refractivity contribution in [3.63, 3.8) is 0 Å². The van der Waals surface area contributed by atoms with Crippen molar-refractivity contribution in [1.29, 1.82) is 0 Å². The predicted octanol–water partition coefficient (Wildman–Crippen LogP) is 5.90. The summed E-state index contributed by atoms with van der Waals surface area (Å²) >= 11 is 1.90. The number of pyridine rings is 1. The molecule has 1 aliphatic carbocycles. The van der Waals surface area contributed by atoms with E-state index in [0.29, 0.717) is 0 Å². The van der Waals surface area contributed by atoms with Crippen molar-refractivity contribution >= 4 is 21.6 Å². The molecule has 1 unspecified atom stereocenters. The molecular formula is C24H27N5S. The van der Waals surface area contributed by atoms with Gasteiger partial charge in [-0.05, 0) is 68.2 Å². The summed E-state index contributed by atoms with van der Waals surface area (Å²) in [4.78, 5) is 7.84. The summed E-state index contributed by atoms with van der Waals surface area (Å²) in [5.41, 5.74) is 7.75. The smallest absolute Gasteiger partial charge is 0.182 e. The lowest BCUT2D eigenvalue weighted by Crippen LogP contribution is -2.10. The van der Waals surface area contributed by atoms with E-state index in [4.69, 9.17) is 4.98 Å². The fourth-order valence-electron chi connectivity index (χ4n) is 4.87. The maximum atomic E-state index is 5.13. The van der Waals surface area contributed by atoms with Gasteiger partial charge in [-0.1, -0.05) is 48.4 Å². The fourth-order valence-corrected chi connectivity index (χ4v) is 6.19. The van der Waals surface area contributed by atoms with E-state index in [2.05, 4.69) is 65.7 Å². The first kappa shape index (κ1) is 19.4. The minimum Gasteiger partial charge on any atom is -0.242 e. The zero-order valence-corrected chi connectivity index (χ0v) is 18.6. The van der Waals surface area contributed by atoms with Gasteiger partial charge in [0.1, 0.15) is 4.83 Å². The molecule has 0 radical (unpaired) electrons. The summed E-state index contributed by atoms with van der Waals surface area (Å²) in [6, 6.07) is 8.95. The highest BCUT2D eigenvalue weighted by atomic mass is 32.1. The third-order valence-corrected chi connectivity index (χ3v) is 7.46. The van der Waals surface area contributed by atoms with Gasteiger partial charge in [0.15, 0.2) is 5.82 Å². The maximum Gasteiger partial charge on any atom is 0.182 e. The van der Waals surface area contributed by atoms with Crippen LogP contribution in [0.1, 0.15) is 71.6 Å². The van der Waals surface area contributed by atoms with Crippen LogP contribution in [0.15, 0.2) is 24.3 Å². The second-order valence-electron chi connectivity index (χ2n) is 8.35. The summed E-state index contributed by atoms with van der Waals surface area (Å²) in [5.74, 6) is 0.847. The molecular weight excluding hydrogens is 390 g/mol. The summed E-state index contributed by atoms with van der Waals surface area (Å²) in [5, 5.41) is 16.7. The van der Waals surface area contributed by atoms with E-state index < -0.39 is 0 Å². The Labute approximate surface area is 181 Å². The lowest BCUT2D eigenvalue weighted by atomic mass is 9.83. The van der Waals surface area contributed by atoms with Crippen LogP contribution in [0.3, 0.4) is 0 Å². The van der Waals surface area contributed by atoms with Crippen molar-refractivity contribution < 1.29 is 0 Å². The molecule has 0 saturated heterocycles. The molecule has 5 nitrogen and oxygen atoms in total. The Morgan fingerprint density at radius 1 is 1.10 bits per heavy atom. The predicted molar refractivity (Wildman–Crippen MR) is 122 cm³/mol. The quantitative estimate of drug-likeness (QED) is 0.439. The molecule has 0 bridgehead atoms. The molecule has 154 valence electrons. The summed E-state index contributed by atoms with van der Waals surface area (Å²) < 4.78 is 0. The summed E-state index contributed by atoms with van der Waals surface area (Å²) in [6.45, 7) is 6.50. The number of nitrogens with one attached hydrogen (secondary N) is 1. The van der Waals surface area contributed by atoms with E-state index in [9.17, 15) is 0 Å². The Kier molecular flexibility index (Phi) is 5.11. The van der Waals surface area contributed by atoms with E-state index in [0.717, 1.165) is 30.8 Å². The zero-order chi connectivity index (χ0) is 20.7. The monoisotopic (exact) mass is 417 g/mol. The third-order valence-electron chi connectivity index (χ3n) is 6.27. The Morgan fingerprint density at radius 3 is 2.63 bits per heavy atom. The number of rotatable bonds is 5. The molecule has 6 heteroatoms. The van der Waals surface area contributed by atoms with Crippen LogP contribution in [-0.2, 0) is 12.8 Å². The normalized spacial score (nSPS) is 14.8. The van der Waals surface area contributed by atoms with Gasteiger partial charge in [-0.15, -0.1) is 21.5 Å². The number of thiophene rings is 1. The van der Waals surface area contributed by atoms with Crippen molar-refractivity contribution in [3.8, 4) is 11.1 Å². The van der Waals surface area contributed by atoms with E-state index in [1.54, 1.807) is 0 Å². The number of nitrogens with zero attached hydrogens (tertiary/aromatic N) is 4. The Bertz CT molecular complexity index is 1180. The minimum atomic E-state index is 0.0843. The Hall–Kier alpha value is -2.60. The molecule has 1 aliphatic rings. The molecule has 0 spiro atoms. The van der Waals surface area contributed by atoms with E-state index in [1.165, 1.54) is 62.2 Å². The SMILES string of the molecule is CCCC(c1nn[nH]n1)c1c(C)nc2sc3c(c2c1-c1ccc(C)cc1)CCCC3. The highest BCUT2D eigenvalue weighted by Gasteiger charge is 2.29. The van der Waals surface area contributed by atoms with Gasteiger partial charge >= 0.3 is 0 Å². The van der Waals surface area contributed by atoms with Crippen LogP contribution in [0.5, 0.6) is 0 Å². The summed E-state index contributed by atoms with van der Waals surface area (Å²) in [7, 11) is 0. The second kappa shape index (κ2) is 7.91. The minimum absolute atomic E-state index is 0.0843. The molecule has 4 aromatic rings. The molecule has 5 rings (SSSR count). The molecule has 3 heterocycles. The molecule has 1 N–H and O–H groups in total. The van der Waals surface area contributed by atoms with Crippen LogP contribution in [0.2, 0.25) is 0 Å². The summed E-state index contributed by atoms with van der Waals surface area (Å²) in [6.07, 6.45) is 6.90. The second-order valence-corrected chi connectivity index (χ2v) is 9.44.